The Morgan fingerprint density at radius 2 is 2.12 bits per heavy atom. The molecule has 1 atom stereocenters. The lowest BCUT2D eigenvalue weighted by atomic mass is 10.1. The summed E-state index contributed by atoms with van der Waals surface area (Å²) in [5, 5.41) is 2.96. The number of hydrogen-bond donors (Lipinski definition) is 1. The third-order valence-corrected chi connectivity index (χ3v) is 4.03. The van der Waals surface area contributed by atoms with E-state index < -0.39 is 0 Å². The summed E-state index contributed by atoms with van der Waals surface area (Å²) >= 11 is 0. The first kappa shape index (κ1) is 16.5. The molecule has 0 radical (unpaired) electrons. The molecule has 0 aliphatic carbocycles. The molecule has 1 saturated heterocycles. The summed E-state index contributed by atoms with van der Waals surface area (Å²) in [6.45, 7) is 5.40. The van der Waals surface area contributed by atoms with Crippen molar-refractivity contribution in [1.29, 1.82) is 0 Å². The maximum Gasteiger partial charge on any atom is 0.271 e. The Kier molecular flexibility index (Phi) is 5.45. The quantitative estimate of drug-likeness (QED) is 0.882. The lowest BCUT2D eigenvalue weighted by Gasteiger charge is -2.34. The van der Waals surface area contributed by atoms with E-state index in [2.05, 4.69) is 25.2 Å². The zero-order valence-electron chi connectivity index (χ0n) is 13.7. The third-order valence-electron chi connectivity index (χ3n) is 4.03. The van der Waals surface area contributed by atoms with Crippen molar-refractivity contribution < 1.29 is 9.53 Å². The molecule has 3 rings (SSSR count). The molecule has 1 fully saturated rings. The monoisotopic (exact) mass is 327 g/mol. The van der Waals surface area contributed by atoms with Gasteiger partial charge in [0.2, 0.25) is 0 Å². The largest absolute Gasteiger partial charge is 0.379 e. The van der Waals surface area contributed by atoms with Crippen LogP contribution in [0.3, 0.4) is 0 Å². The summed E-state index contributed by atoms with van der Waals surface area (Å²) in [6, 6.07) is 4.01. The number of carbonyl (C=O) groups is 1. The number of carbonyl (C=O) groups excluding carboxylic acids is 1. The Morgan fingerprint density at radius 3 is 2.79 bits per heavy atom. The van der Waals surface area contributed by atoms with Crippen LogP contribution in [0, 0.1) is 6.92 Å². The number of nitrogens with zero attached hydrogens (tertiary/aromatic N) is 4. The molecule has 0 spiro atoms. The Morgan fingerprint density at radius 1 is 1.29 bits per heavy atom. The molecule has 7 nitrogen and oxygen atoms in total. The SMILES string of the molecule is Cc1cnc(C(=O)NC[C@H](c2cccnc2)N2CCOCC2)cn1. The van der Waals surface area contributed by atoms with Crippen molar-refractivity contribution in [3.8, 4) is 0 Å². The van der Waals surface area contributed by atoms with Crippen molar-refractivity contribution in [2.45, 2.75) is 13.0 Å². The highest BCUT2D eigenvalue weighted by atomic mass is 16.5. The number of aromatic nitrogens is 3. The van der Waals surface area contributed by atoms with Gasteiger partial charge in [-0.2, -0.15) is 0 Å². The normalized spacial score (nSPS) is 16.5. The molecule has 126 valence electrons. The van der Waals surface area contributed by atoms with Crippen LogP contribution in [-0.4, -0.2) is 58.6 Å². The predicted octanol–water partition coefficient (Wildman–Crippen LogP) is 0.983. The van der Waals surface area contributed by atoms with Crippen molar-refractivity contribution in [2.75, 3.05) is 32.8 Å². The number of nitrogens with one attached hydrogen (secondary N) is 1. The number of hydrogen-bond acceptors (Lipinski definition) is 6. The fourth-order valence-electron chi connectivity index (χ4n) is 2.71. The van der Waals surface area contributed by atoms with Crippen LogP contribution in [-0.2, 0) is 4.74 Å². The first-order valence-electron chi connectivity index (χ1n) is 8.02. The van der Waals surface area contributed by atoms with Gasteiger partial charge in [-0.1, -0.05) is 6.07 Å². The van der Waals surface area contributed by atoms with E-state index in [0.717, 1.165) is 24.3 Å². The van der Waals surface area contributed by atoms with Gasteiger partial charge < -0.3 is 10.1 Å². The summed E-state index contributed by atoms with van der Waals surface area (Å²) in [7, 11) is 0. The van der Waals surface area contributed by atoms with E-state index in [4.69, 9.17) is 4.74 Å². The highest BCUT2D eigenvalue weighted by molar-refractivity contribution is 5.91. The molecule has 7 heteroatoms. The summed E-state index contributed by atoms with van der Waals surface area (Å²) in [6.07, 6.45) is 6.69. The molecule has 1 N–H and O–H groups in total. The number of aryl methyl sites for hydroxylation is 1. The summed E-state index contributed by atoms with van der Waals surface area (Å²) in [4.78, 5) is 27.0. The molecular weight excluding hydrogens is 306 g/mol. The van der Waals surface area contributed by atoms with Crippen molar-refractivity contribution in [3.05, 3.63) is 53.9 Å². The summed E-state index contributed by atoms with van der Waals surface area (Å²) in [5.41, 5.74) is 2.19. The standard InChI is InChI=1S/C17H21N5O2/c1-13-9-20-15(11-19-13)17(23)21-12-16(14-3-2-4-18-10-14)22-5-7-24-8-6-22/h2-4,9-11,16H,5-8,12H2,1H3,(H,21,23)/t16-/m1/s1. The number of rotatable bonds is 5. The minimum atomic E-state index is -0.218. The Bertz CT molecular complexity index is 656. The van der Waals surface area contributed by atoms with E-state index in [1.807, 2.05) is 25.3 Å². The first-order chi connectivity index (χ1) is 11.7. The van der Waals surface area contributed by atoms with E-state index in [-0.39, 0.29) is 11.9 Å². The number of ether oxygens (including phenoxy) is 1. The predicted molar refractivity (Wildman–Crippen MR) is 88.5 cm³/mol. The van der Waals surface area contributed by atoms with Gasteiger partial charge in [0.05, 0.1) is 31.1 Å². The van der Waals surface area contributed by atoms with Crippen molar-refractivity contribution in [3.63, 3.8) is 0 Å². The second-order valence-corrected chi connectivity index (χ2v) is 5.70. The lowest BCUT2D eigenvalue weighted by Crippen LogP contribution is -2.44. The fraction of sp³-hybridized carbons (Fsp3) is 0.412. The molecule has 3 heterocycles. The van der Waals surface area contributed by atoms with Gasteiger partial charge >= 0.3 is 0 Å². The van der Waals surface area contributed by atoms with Crippen LogP contribution >= 0.6 is 0 Å². The van der Waals surface area contributed by atoms with E-state index >= 15 is 0 Å². The number of morpholine rings is 1. The van der Waals surface area contributed by atoms with E-state index in [9.17, 15) is 4.79 Å². The van der Waals surface area contributed by atoms with Crippen molar-refractivity contribution in [1.82, 2.24) is 25.2 Å². The molecule has 2 aromatic rings. The van der Waals surface area contributed by atoms with Crippen LogP contribution in [0.15, 0.2) is 36.9 Å². The van der Waals surface area contributed by atoms with Crippen LogP contribution in [0.1, 0.15) is 27.8 Å². The summed E-state index contributed by atoms with van der Waals surface area (Å²) < 4.78 is 5.43. The summed E-state index contributed by atoms with van der Waals surface area (Å²) in [5.74, 6) is -0.218. The van der Waals surface area contributed by atoms with Gasteiger partial charge in [-0.25, -0.2) is 4.98 Å². The molecule has 0 bridgehead atoms. The highest BCUT2D eigenvalue weighted by Crippen LogP contribution is 2.20. The van der Waals surface area contributed by atoms with Crippen molar-refractivity contribution >= 4 is 5.91 Å². The van der Waals surface area contributed by atoms with Crippen LogP contribution in [0.25, 0.3) is 0 Å². The average molecular weight is 327 g/mol. The van der Waals surface area contributed by atoms with Crippen LogP contribution in [0.2, 0.25) is 0 Å². The highest BCUT2D eigenvalue weighted by Gasteiger charge is 2.23. The smallest absolute Gasteiger partial charge is 0.271 e. The molecule has 24 heavy (non-hydrogen) atoms. The van der Waals surface area contributed by atoms with Gasteiger partial charge in [0.15, 0.2) is 0 Å². The lowest BCUT2D eigenvalue weighted by molar-refractivity contribution is 0.0161. The van der Waals surface area contributed by atoms with Gasteiger partial charge in [0.1, 0.15) is 5.69 Å². The molecule has 1 aliphatic rings. The van der Waals surface area contributed by atoms with Crippen molar-refractivity contribution in [2.24, 2.45) is 0 Å². The Hall–Kier alpha value is -2.38. The molecule has 1 amide bonds. The third kappa shape index (κ3) is 4.12. The zero-order valence-corrected chi connectivity index (χ0v) is 13.7. The van der Waals surface area contributed by atoms with Crippen LogP contribution in [0.4, 0.5) is 0 Å². The molecular formula is C17H21N5O2. The van der Waals surface area contributed by atoms with E-state index in [1.165, 1.54) is 6.20 Å². The molecule has 0 aromatic carbocycles. The van der Waals surface area contributed by atoms with Gasteiger partial charge in [0, 0.05) is 38.2 Å². The molecule has 0 unspecified atom stereocenters. The molecule has 2 aromatic heterocycles. The number of pyridine rings is 1. The van der Waals surface area contributed by atoms with Gasteiger partial charge in [-0.3, -0.25) is 19.7 Å². The topological polar surface area (TPSA) is 80.2 Å². The van der Waals surface area contributed by atoms with Crippen LogP contribution in [0.5, 0.6) is 0 Å². The fourth-order valence-corrected chi connectivity index (χ4v) is 2.71. The maximum absolute atomic E-state index is 12.3. The Balaban J connectivity index is 1.69. The van der Waals surface area contributed by atoms with E-state index in [1.54, 1.807) is 12.4 Å². The average Bonchev–Trinajstić information content (AvgIpc) is 2.64. The minimum absolute atomic E-state index is 0.0601. The second-order valence-electron chi connectivity index (χ2n) is 5.70. The molecule has 1 aliphatic heterocycles. The minimum Gasteiger partial charge on any atom is -0.379 e. The van der Waals surface area contributed by atoms with Gasteiger partial charge in [-0.05, 0) is 18.6 Å². The maximum atomic E-state index is 12.3. The zero-order chi connectivity index (χ0) is 16.8. The number of amides is 1. The Labute approximate surface area is 141 Å². The second kappa shape index (κ2) is 7.94. The molecule has 0 saturated carbocycles. The van der Waals surface area contributed by atoms with Gasteiger partial charge in [-0.15, -0.1) is 0 Å². The van der Waals surface area contributed by atoms with Crippen LogP contribution < -0.4 is 5.32 Å². The first-order valence-corrected chi connectivity index (χ1v) is 8.02. The van der Waals surface area contributed by atoms with Gasteiger partial charge in [0.25, 0.3) is 5.91 Å². The van der Waals surface area contributed by atoms with E-state index in [0.29, 0.717) is 25.5 Å².